The molecule has 25 heavy (non-hydrogen) atoms. The van der Waals surface area contributed by atoms with Gasteiger partial charge in [0.1, 0.15) is 5.82 Å². The Hall–Kier alpha value is -2.56. The van der Waals surface area contributed by atoms with E-state index in [2.05, 4.69) is 45.2 Å². The number of rotatable bonds is 6. The largest absolute Gasteiger partial charge is 0.383 e. The summed E-state index contributed by atoms with van der Waals surface area (Å²) in [7, 11) is 0. The van der Waals surface area contributed by atoms with Crippen molar-refractivity contribution in [3.05, 3.63) is 54.2 Å². The number of benzene rings is 1. The molecule has 1 aromatic heterocycles. The Bertz CT molecular complexity index is 651. The Morgan fingerprint density at radius 1 is 1.04 bits per heavy atom. The number of amides is 2. The Morgan fingerprint density at radius 2 is 1.84 bits per heavy atom. The molecule has 2 aromatic rings. The molecule has 132 valence electrons. The minimum Gasteiger partial charge on any atom is -0.383 e. The third kappa shape index (κ3) is 5.78. The van der Waals surface area contributed by atoms with Crippen molar-refractivity contribution in [1.82, 2.24) is 10.3 Å². The molecule has 5 nitrogen and oxygen atoms in total. The summed E-state index contributed by atoms with van der Waals surface area (Å²) in [5.74, 6) is 0.571. The number of anilines is 2. The van der Waals surface area contributed by atoms with Gasteiger partial charge < -0.3 is 10.6 Å². The van der Waals surface area contributed by atoms with Crippen LogP contribution < -0.4 is 16.0 Å². The van der Waals surface area contributed by atoms with Gasteiger partial charge in [-0.2, -0.15) is 0 Å². The van der Waals surface area contributed by atoms with Crippen molar-refractivity contribution in [2.24, 2.45) is 0 Å². The quantitative estimate of drug-likeness (QED) is 0.740. The highest BCUT2D eigenvalue weighted by Gasteiger charge is 2.15. The molecule has 0 saturated heterocycles. The molecule has 0 spiro atoms. The molecule has 1 fully saturated rings. The van der Waals surface area contributed by atoms with E-state index in [-0.39, 0.29) is 6.03 Å². The van der Waals surface area contributed by atoms with E-state index < -0.39 is 0 Å². The third-order valence-corrected chi connectivity index (χ3v) is 4.53. The van der Waals surface area contributed by atoms with Crippen molar-refractivity contribution in [3.8, 4) is 0 Å². The molecule has 1 aliphatic carbocycles. The summed E-state index contributed by atoms with van der Waals surface area (Å²) in [6.45, 7) is 0.848. The minimum absolute atomic E-state index is 0.163. The van der Waals surface area contributed by atoms with Crippen LogP contribution in [0.5, 0.6) is 0 Å². The predicted molar refractivity (Wildman–Crippen MR) is 102 cm³/mol. The smallest absolute Gasteiger partial charge is 0.320 e. The van der Waals surface area contributed by atoms with Gasteiger partial charge in [-0.15, -0.1) is 0 Å². The van der Waals surface area contributed by atoms with Gasteiger partial charge in [-0.25, -0.2) is 9.78 Å². The summed E-state index contributed by atoms with van der Waals surface area (Å²) in [6, 6.07) is 14.3. The molecule has 1 aliphatic rings. The van der Waals surface area contributed by atoms with Gasteiger partial charge in [0, 0.05) is 12.6 Å². The highest BCUT2D eigenvalue weighted by atomic mass is 16.2. The van der Waals surface area contributed by atoms with Crippen LogP contribution in [0.4, 0.5) is 16.3 Å². The standard InChI is InChI=1S/C20H26N4O/c25-20(23-17-9-5-2-6-10-17)24-19-12-11-18(15-22-19)21-14-13-16-7-3-1-4-8-16/h1,3-4,7-8,11-12,15,17,21H,2,5-6,9-10,13-14H2,(H2,22,23,24,25). The van der Waals surface area contributed by atoms with Crippen LogP contribution in [0.2, 0.25) is 0 Å². The van der Waals surface area contributed by atoms with Crippen LogP contribution in [-0.2, 0) is 6.42 Å². The fourth-order valence-corrected chi connectivity index (χ4v) is 3.15. The number of urea groups is 1. The Morgan fingerprint density at radius 3 is 2.56 bits per heavy atom. The zero-order chi connectivity index (χ0) is 17.3. The SMILES string of the molecule is O=C(Nc1ccc(NCCc2ccccc2)cn1)NC1CCCCC1. The molecule has 0 unspecified atom stereocenters. The van der Waals surface area contributed by atoms with Crippen molar-refractivity contribution in [2.75, 3.05) is 17.2 Å². The van der Waals surface area contributed by atoms with E-state index in [0.29, 0.717) is 11.9 Å². The topological polar surface area (TPSA) is 66.0 Å². The minimum atomic E-state index is -0.163. The van der Waals surface area contributed by atoms with Gasteiger partial charge in [0.25, 0.3) is 0 Å². The van der Waals surface area contributed by atoms with Crippen LogP contribution in [-0.4, -0.2) is 23.6 Å². The van der Waals surface area contributed by atoms with Gasteiger partial charge in [-0.1, -0.05) is 49.6 Å². The van der Waals surface area contributed by atoms with Gasteiger partial charge in [0.2, 0.25) is 0 Å². The number of carbonyl (C=O) groups excluding carboxylic acids is 1. The molecule has 3 N–H and O–H groups in total. The van der Waals surface area contributed by atoms with Crippen molar-refractivity contribution in [1.29, 1.82) is 0 Å². The van der Waals surface area contributed by atoms with Crippen molar-refractivity contribution in [3.63, 3.8) is 0 Å². The maximum absolute atomic E-state index is 12.0. The molecule has 0 aliphatic heterocycles. The second-order valence-corrected chi connectivity index (χ2v) is 6.53. The predicted octanol–water partition coefficient (Wildman–Crippen LogP) is 4.19. The van der Waals surface area contributed by atoms with E-state index in [9.17, 15) is 4.79 Å². The second-order valence-electron chi connectivity index (χ2n) is 6.53. The molecule has 1 heterocycles. The number of nitrogens with one attached hydrogen (secondary N) is 3. The number of nitrogens with zero attached hydrogens (tertiary/aromatic N) is 1. The second kappa shape index (κ2) is 9.06. The third-order valence-electron chi connectivity index (χ3n) is 4.53. The summed E-state index contributed by atoms with van der Waals surface area (Å²) in [4.78, 5) is 16.3. The first-order valence-electron chi connectivity index (χ1n) is 9.11. The zero-order valence-corrected chi connectivity index (χ0v) is 14.5. The number of aromatic nitrogens is 1. The van der Waals surface area contributed by atoms with Gasteiger partial charge in [-0.3, -0.25) is 5.32 Å². The average molecular weight is 338 g/mol. The molecular formula is C20H26N4O. The lowest BCUT2D eigenvalue weighted by atomic mass is 9.96. The van der Waals surface area contributed by atoms with Crippen LogP contribution >= 0.6 is 0 Å². The Balaban J connectivity index is 1.41. The zero-order valence-electron chi connectivity index (χ0n) is 14.5. The van der Waals surface area contributed by atoms with Crippen LogP contribution in [0, 0.1) is 0 Å². The van der Waals surface area contributed by atoms with E-state index in [1.165, 1.54) is 24.8 Å². The average Bonchev–Trinajstić information content (AvgIpc) is 2.65. The fourth-order valence-electron chi connectivity index (χ4n) is 3.15. The van der Waals surface area contributed by atoms with E-state index in [1.54, 1.807) is 6.20 Å². The summed E-state index contributed by atoms with van der Waals surface area (Å²) < 4.78 is 0. The molecule has 5 heteroatoms. The molecular weight excluding hydrogens is 312 g/mol. The Kier molecular flexibility index (Phi) is 6.26. The maximum atomic E-state index is 12.0. The monoisotopic (exact) mass is 338 g/mol. The lowest BCUT2D eigenvalue weighted by molar-refractivity contribution is 0.244. The lowest BCUT2D eigenvalue weighted by Crippen LogP contribution is -2.39. The summed E-state index contributed by atoms with van der Waals surface area (Å²) in [6.07, 6.45) is 8.54. The van der Waals surface area contributed by atoms with Gasteiger partial charge in [-0.05, 0) is 37.0 Å². The summed E-state index contributed by atoms with van der Waals surface area (Å²) in [5.41, 5.74) is 2.26. The molecule has 1 saturated carbocycles. The first kappa shape index (κ1) is 17.3. The van der Waals surface area contributed by atoms with Gasteiger partial charge in [0.15, 0.2) is 0 Å². The maximum Gasteiger partial charge on any atom is 0.320 e. The molecule has 2 amide bonds. The van der Waals surface area contributed by atoms with Crippen LogP contribution in [0.1, 0.15) is 37.7 Å². The molecule has 1 aromatic carbocycles. The molecule has 0 radical (unpaired) electrons. The van der Waals surface area contributed by atoms with Crippen LogP contribution in [0.25, 0.3) is 0 Å². The van der Waals surface area contributed by atoms with E-state index in [0.717, 1.165) is 31.5 Å². The number of hydrogen-bond acceptors (Lipinski definition) is 3. The number of hydrogen-bond donors (Lipinski definition) is 3. The first-order chi connectivity index (χ1) is 12.3. The lowest BCUT2D eigenvalue weighted by Gasteiger charge is -2.22. The summed E-state index contributed by atoms with van der Waals surface area (Å²) in [5, 5.41) is 9.19. The van der Waals surface area contributed by atoms with E-state index in [1.807, 2.05) is 18.2 Å². The van der Waals surface area contributed by atoms with E-state index in [4.69, 9.17) is 0 Å². The summed E-state index contributed by atoms with van der Waals surface area (Å²) >= 11 is 0. The first-order valence-corrected chi connectivity index (χ1v) is 9.11. The van der Waals surface area contributed by atoms with Crippen molar-refractivity contribution < 1.29 is 4.79 Å². The van der Waals surface area contributed by atoms with Crippen LogP contribution in [0.15, 0.2) is 48.7 Å². The highest BCUT2D eigenvalue weighted by Crippen LogP contribution is 2.17. The van der Waals surface area contributed by atoms with Gasteiger partial charge in [0.05, 0.1) is 11.9 Å². The molecule has 0 bridgehead atoms. The number of carbonyl (C=O) groups is 1. The fraction of sp³-hybridized carbons (Fsp3) is 0.400. The van der Waals surface area contributed by atoms with Gasteiger partial charge >= 0.3 is 6.03 Å². The molecule has 3 rings (SSSR count). The highest BCUT2D eigenvalue weighted by molar-refractivity contribution is 5.88. The van der Waals surface area contributed by atoms with Crippen molar-refractivity contribution in [2.45, 2.75) is 44.6 Å². The normalized spacial score (nSPS) is 14.7. The van der Waals surface area contributed by atoms with E-state index >= 15 is 0 Å². The number of pyridine rings is 1. The van der Waals surface area contributed by atoms with Crippen molar-refractivity contribution >= 4 is 17.5 Å². The Labute approximate surface area is 149 Å². The molecule has 0 atom stereocenters. The van der Waals surface area contributed by atoms with Crippen LogP contribution in [0.3, 0.4) is 0 Å².